The molecule has 0 N–H and O–H groups in total. The summed E-state index contributed by atoms with van der Waals surface area (Å²) in [5.74, 6) is -0.0417. The molecular weight excluding hydrogens is 777 g/mol. The Morgan fingerprint density at radius 1 is 0.887 bits per heavy atom. The molecule has 15 nitrogen and oxygen atoms in total. The summed E-state index contributed by atoms with van der Waals surface area (Å²) in [5, 5.41) is 23.4. The molecule has 0 spiro atoms. The number of esters is 1. The van der Waals surface area contributed by atoms with Crippen LogP contribution in [0.3, 0.4) is 0 Å². The van der Waals surface area contributed by atoms with Crippen molar-refractivity contribution in [3.63, 3.8) is 0 Å². The number of ketones is 1. The molecule has 278 valence electrons. The van der Waals surface area contributed by atoms with Crippen molar-refractivity contribution in [1.82, 2.24) is 0 Å². The molecule has 3 aromatic carbocycles. The van der Waals surface area contributed by atoms with Gasteiger partial charge < -0.3 is 4.55 Å². The Kier molecular flexibility index (Phi) is 13.2. The van der Waals surface area contributed by atoms with Gasteiger partial charge in [-0.1, -0.05) is 17.7 Å². The molecule has 0 aliphatic carbocycles. The second-order valence-electron chi connectivity index (χ2n) is 11.7. The molecule has 17 heteroatoms. The van der Waals surface area contributed by atoms with E-state index in [0.717, 1.165) is 21.3 Å². The number of hydrogen-bond donors (Lipinski definition) is 0. The third-order valence-electron chi connectivity index (χ3n) is 8.13. The van der Waals surface area contributed by atoms with E-state index in [4.69, 9.17) is 14.2 Å². The van der Waals surface area contributed by atoms with Gasteiger partial charge in [0.15, 0.2) is 0 Å². The van der Waals surface area contributed by atoms with Gasteiger partial charge in [-0.3, -0.25) is 20.2 Å². The summed E-state index contributed by atoms with van der Waals surface area (Å²) < 4.78 is 50.7. The number of aromatic nitrogens is 1. The first kappa shape index (κ1) is 40.3. The van der Waals surface area contributed by atoms with E-state index < -0.39 is 43.6 Å². The average molecular weight is 813 g/mol. The minimum Gasteiger partial charge on any atom is -0.744 e. The topological polar surface area (TPSA) is 209 Å². The number of aryl methyl sites for hydroxylation is 1. The van der Waals surface area contributed by atoms with Crippen LogP contribution in [0.25, 0.3) is 15.3 Å². The number of pyridine rings is 1. The quantitative estimate of drug-likeness (QED) is 0.0262. The number of rotatable bonds is 13. The molecule has 1 unspecified atom stereocenters. The number of nitrogens with zero attached hydrogens (tertiary/aromatic N) is 3. The Morgan fingerprint density at radius 2 is 1.51 bits per heavy atom. The van der Waals surface area contributed by atoms with Crippen molar-refractivity contribution in [2.75, 3.05) is 14.2 Å². The first-order valence-electron chi connectivity index (χ1n) is 15.9. The molecule has 0 radical (unpaired) electrons. The number of hydrogen-bond acceptors (Lipinski definition) is 12. The molecule has 0 saturated carbocycles. The van der Waals surface area contributed by atoms with Crippen molar-refractivity contribution in [3.05, 3.63) is 121 Å². The molecule has 53 heavy (non-hydrogen) atoms. The van der Waals surface area contributed by atoms with E-state index in [1.807, 2.05) is 32.0 Å². The smallest absolute Gasteiger partial charge is 0.124 e. The zero-order valence-electron chi connectivity index (χ0n) is 29.2. The second kappa shape index (κ2) is 17.4. The first-order chi connectivity index (χ1) is 25.1. The predicted molar refractivity (Wildman–Crippen MR) is 192 cm³/mol. The van der Waals surface area contributed by atoms with Gasteiger partial charge in [0.2, 0.25) is 0 Å². The van der Waals surface area contributed by atoms with Crippen molar-refractivity contribution in [1.29, 1.82) is 0 Å². The Labute approximate surface area is 310 Å². The summed E-state index contributed by atoms with van der Waals surface area (Å²) in [6.07, 6.45) is 2.89. The van der Waals surface area contributed by atoms with Crippen LogP contribution in [0.1, 0.15) is 53.2 Å². The molecule has 0 fully saturated rings. The number of carbonyl (C=O) groups is 2. The van der Waals surface area contributed by atoms with E-state index in [1.165, 1.54) is 28.8 Å². The number of fused-ring (bicyclic) bond motifs is 1. The Morgan fingerprint density at radius 3 is 2.06 bits per heavy atom. The standard InChI is InChI=1S/C29H28N3O9Se.C7H8O3S/c1-5-18(12-24(33)28-14-20-13-25(39-3)26(40-4)16-27(20)42-28)29(34)41-17(2)19-8-10-30(11-9-19)22-7-6-21(31(35)36)15-23(22)32(37)38;1-6-2-4-7(5-3-6)11(8,9)10/h6-11,13-18H,5,12H2,1-4H3;2-5H,1H3,(H,8,9,10)/q+1;/p-1/t17?,18-;/m1./s1. The molecule has 5 aromatic rings. The molecule has 0 amide bonds. The summed E-state index contributed by atoms with van der Waals surface area (Å²) in [5.41, 5.74) is 0.899. The van der Waals surface area contributed by atoms with Crippen molar-refractivity contribution in [2.24, 2.45) is 5.92 Å². The first-order valence-corrected chi connectivity index (χ1v) is 19.0. The molecule has 2 aromatic heterocycles. The molecule has 0 aliphatic heterocycles. The summed E-state index contributed by atoms with van der Waals surface area (Å²) in [7, 11) is -1.16. The van der Waals surface area contributed by atoms with Crippen LogP contribution < -0.4 is 14.0 Å². The number of nitro benzene ring substituents is 2. The Hall–Kier alpha value is -5.48. The SMILES string of the molecule is CC[C@H](CC(=O)c1cc2cc(OC)c(OC)cc2[se]1)C(=O)OC(C)c1cc[n+](-c2ccc([N+](=O)[O-])cc2[N+](=O)[O-])cc1.Cc1ccc(S(=O)(=O)[O-])cc1. The van der Waals surface area contributed by atoms with Gasteiger partial charge in [-0.25, -0.2) is 8.42 Å². The zero-order valence-corrected chi connectivity index (χ0v) is 31.7. The summed E-state index contributed by atoms with van der Waals surface area (Å²) in [4.78, 5) is 47.1. The van der Waals surface area contributed by atoms with Crippen molar-refractivity contribution >= 4 is 57.4 Å². The molecule has 2 atom stereocenters. The predicted octanol–water partition coefficient (Wildman–Crippen LogP) is 5.81. The zero-order chi connectivity index (χ0) is 39.0. The van der Waals surface area contributed by atoms with Crippen molar-refractivity contribution < 1.29 is 51.2 Å². The van der Waals surface area contributed by atoms with Gasteiger partial charge in [0, 0.05) is 12.1 Å². The number of carbonyl (C=O) groups excluding carboxylic acids is 2. The number of ether oxygens (including phenoxy) is 3. The number of benzene rings is 3. The normalized spacial score (nSPS) is 12.2. The van der Waals surface area contributed by atoms with Gasteiger partial charge in [0.05, 0.1) is 14.7 Å². The molecular formula is C36H35N3O12SSe. The monoisotopic (exact) mass is 813 g/mol. The van der Waals surface area contributed by atoms with Crippen LogP contribution in [-0.4, -0.2) is 63.3 Å². The summed E-state index contributed by atoms with van der Waals surface area (Å²) in [6.45, 7) is 5.34. The fourth-order valence-corrected chi connectivity index (χ4v) is 7.74. The largest absolute Gasteiger partial charge is 0.744 e. The summed E-state index contributed by atoms with van der Waals surface area (Å²) >= 11 is -0.223. The minimum atomic E-state index is -4.27. The van der Waals surface area contributed by atoms with E-state index >= 15 is 0 Å². The van der Waals surface area contributed by atoms with Crippen LogP contribution in [0, 0.1) is 33.1 Å². The number of Topliss-reactive ketones (excluding diaryl/α,β-unsaturated/α-hetero) is 1. The second-order valence-corrected chi connectivity index (χ2v) is 15.3. The van der Waals surface area contributed by atoms with E-state index in [9.17, 15) is 42.8 Å². The molecule has 0 aliphatic rings. The Bertz CT molecular complexity index is 2220. The molecule has 0 bridgehead atoms. The van der Waals surface area contributed by atoms with Crippen molar-refractivity contribution in [3.8, 4) is 17.2 Å². The van der Waals surface area contributed by atoms with Crippen LogP contribution in [0.15, 0.2) is 90.1 Å². The fourth-order valence-electron chi connectivity index (χ4n) is 5.13. The van der Waals surface area contributed by atoms with Crippen LogP contribution in [0.4, 0.5) is 11.4 Å². The third kappa shape index (κ3) is 10.1. The molecule has 5 rings (SSSR count). The fraction of sp³-hybridized carbons (Fsp3) is 0.250. The van der Waals surface area contributed by atoms with E-state index in [-0.39, 0.29) is 43.0 Å². The van der Waals surface area contributed by atoms with Crippen LogP contribution in [0.5, 0.6) is 11.5 Å². The third-order valence-corrected chi connectivity index (χ3v) is 11.4. The number of nitro groups is 2. The van der Waals surface area contributed by atoms with Gasteiger partial charge in [0.1, 0.15) is 16.2 Å². The van der Waals surface area contributed by atoms with Gasteiger partial charge in [-0.2, -0.15) is 0 Å². The van der Waals surface area contributed by atoms with E-state index in [1.54, 1.807) is 57.8 Å². The molecule has 2 heterocycles. The number of methoxy groups -OCH3 is 2. The molecule has 0 saturated heterocycles. The average Bonchev–Trinajstić information content (AvgIpc) is 3.56. The van der Waals surface area contributed by atoms with Gasteiger partial charge in [0.25, 0.3) is 5.69 Å². The van der Waals surface area contributed by atoms with Crippen LogP contribution in [0.2, 0.25) is 0 Å². The van der Waals surface area contributed by atoms with Crippen LogP contribution >= 0.6 is 0 Å². The van der Waals surface area contributed by atoms with Gasteiger partial charge in [-0.05, 0) is 19.1 Å². The maximum absolute atomic E-state index is 13.1. The maximum atomic E-state index is 13.1. The summed E-state index contributed by atoms with van der Waals surface area (Å²) in [6, 6.07) is 18.0. The van der Waals surface area contributed by atoms with Crippen LogP contribution in [-0.2, 0) is 19.6 Å². The van der Waals surface area contributed by atoms with Gasteiger partial charge in [-0.15, -0.1) is 0 Å². The minimum absolute atomic E-state index is 0.0243. The Balaban J connectivity index is 0.000000488. The van der Waals surface area contributed by atoms with E-state index in [2.05, 4.69) is 0 Å². The maximum Gasteiger partial charge on any atom is 0.124 e. The van der Waals surface area contributed by atoms with E-state index in [0.29, 0.717) is 27.9 Å². The van der Waals surface area contributed by atoms with Gasteiger partial charge >= 0.3 is 193 Å². The van der Waals surface area contributed by atoms with Crippen molar-refractivity contribution in [2.45, 2.75) is 44.6 Å². The number of non-ortho nitro benzene ring substituents is 1.